The van der Waals surface area contributed by atoms with E-state index in [0.717, 1.165) is 12.8 Å². The van der Waals surface area contributed by atoms with Crippen LogP contribution in [0.3, 0.4) is 0 Å². The summed E-state index contributed by atoms with van der Waals surface area (Å²) in [6, 6.07) is 0. The van der Waals surface area contributed by atoms with Crippen molar-refractivity contribution in [2.75, 3.05) is 0 Å². The second-order valence-corrected chi connectivity index (χ2v) is 4.32. The van der Waals surface area contributed by atoms with Gasteiger partial charge in [0, 0.05) is 18.3 Å². The number of ketones is 2. The second kappa shape index (κ2) is 3.60. The molecule has 2 atom stereocenters. The first-order valence-electron chi connectivity index (χ1n) is 5.03. The standard InChI is InChI=1S/C11H18O2/c1-4-9-7-10(13)5-6-11(9,3)8(2)12/h9H,4-7H2,1-3H3/t9-,11-/m0/s1. The molecule has 0 saturated heterocycles. The molecule has 0 unspecified atom stereocenters. The molecule has 1 saturated carbocycles. The summed E-state index contributed by atoms with van der Waals surface area (Å²) in [6.07, 6.45) is 2.88. The molecule has 2 heteroatoms. The van der Waals surface area contributed by atoms with E-state index in [1.807, 2.05) is 6.92 Å². The van der Waals surface area contributed by atoms with E-state index in [-0.39, 0.29) is 17.1 Å². The Bertz CT molecular complexity index is 232. The monoisotopic (exact) mass is 182 g/mol. The molecular weight excluding hydrogens is 164 g/mol. The highest BCUT2D eigenvalue weighted by molar-refractivity contribution is 5.87. The van der Waals surface area contributed by atoms with Gasteiger partial charge in [-0.15, -0.1) is 0 Å². The Morgan fingerprint density at radius 3 is 2.69 bits per heavy atom. The summed E-state index contributed by atoms with van der Waals surface area (Å²) in [5.74, 6) is 0.837. The molecule has 0 aliphatic heterocycles. The number of Topliss-reactive ketones (excluding diaryl/α,β-unsaturated/α-hetero) is 2. The Morgan fingerprint density at radius 1 is 1.62 bits per heavy atom. The van der Waals surface area contributed by atoms with E-state index in [4.69, 9.17) is 0 Å². The lowest BCUT2D eigenvalue weighted by molar-refractivity contribution is -0.135. The fourth-order valence-corrected chi connectivity index (χ4v) is 2.26. The van der Waals surface area contributed by atoms with Crippen LogP contribution in [0.4, 0.5) is 0 Å². The Labute approximate surface area is 79.7 Å². The molecule has 0 aromatic rings. The van der Waals surface area contributed by atoms with Crippen molar-refractivity contribution in [2.24, 2.45) is 11.3 Å². The van der Waals surface area contributed by atoms with Crippen LogP contribution in [0.15, 0.2) is 0 Å². The summed E-state index contributed by atoms with van der Waals surface area (Å²) in [5.41, 5.74) is -0.233. The Kier molecular flexibility index (Phi) is 2.89. The number of hydrogen-bond donors (Lipinski definition) is 0. The van der Waals surface area contributed by atoms with Crippen LogP contribution in [-0.4, -0.2) is 11.6 Å². The summed E-state index contributed by atoms with van der Waals surface area (Å²) < 4.78 is 0. The average Bonchev–Trinajstić information content (AvgIpc) is 2.09. The molecule has 0 spiro atoms. The zero-order chi connectivity index (χ0) is 10.1. The van der Waals surface area contributed by atoms with Crippen LogP contribution in [0.1, 0.15) is 46.5 Å². The van der Waals surface area contributed by atoms with Gasteiger partial charge >= 0.3 is 0 Å². The van der Waals surface area contributed by atoms with Gasteiger partial charge in [-0.2, -0.15) is 0 Å². The molecule has 74 valence electrons. The summed E-state index contributed by atoms with van der Waals surface area (Å²) in [5, 5.41) is 0. The van der Waals surface area contributed by atoms with Crippen LogP contribution < -0.4 is 0 Å². The maximum atomic E-state index is 11.5. The van der Waals surface area contributed by atoms with Crippen LogP contribution >= 0.6 is 0 Å². The number of carbonyl (C=O) groups is 2. The van der Waals surface area contributed by atoms with E-state index in [2.05, 4.69) is 6.92 Å². The van der Waals surface area contributed by atoms with E-state index in [9.17, 15) is 9.59 Å². The highest BCUT2D eigenvalue weighted by Gasteiger charge is 2.41. The molecule has 0 aromatic carbocycles. The van der Waals surface area contributed by atoms with Crippen molar-refractivity contribution in [3.8, 4) is 0 Å². The van der Waals surface area contributed by atoms with Gasteiger partial charge in [-0.05, 0) is 19.3 Å². The predicted molar refractivity (Wildman–Crippen MR) is 51.4 cm³/mol. The van der Waals surface area contributed by atoms with Crippen molar-refractivity contribution in [3.05, 3.63) is 0 Å². The Hall–Kier alpha value is -0.660. The summed E-state index contributed by atoms with van der Waals surface area (Å²) in [7, 11) is 0. The number of rotatable bonds is 2. The third-order valence-electron chi connectivity index (χ3n) is 3.60. The molecule has 1 fully saturated rings. The summed E-state index contributed by atoms with van der Waals surface area (Å²) in [6.45, 7) is 5.72. The second-order valence-electron chi connectivity index (χ2n) is 4.32. The first-order chi connectivity index (χ1) is 6.00. The molecule has 1 rings (SSSR count). The van der Waals surface area contributed by atoms with E-state index in [1.165, 1.54) is 0 Å². The van der Waals surface area contributed by atoms with Gasteiger partial charge in [0.1, 0.15) is 11.6 Å². The van der Waals surface area contributed by atoms with Crippen molar-refractivity contribution in [2.45, 2.75) is 46.5 Å². The molecule has 0 N–H and O–H groups in total. The normalized spacial score (nSPS) is 34.7. The van der Waals surface area contributed by atoms with Crippen LogP contribution in [-0.2, 0) is 9.59 Å². The van der Waals surface area contributed by atoms with Crippen LogP contribution in [0.5, 0.6) is 0 Å². The fourth-order valence-electron chi connectivity index (χ4n) is 2.26. The van der Waals surface area contributed by atoms with Crippen molar-refractivity contribution in [1.82, 2.24) is 0 Å². The van der Waals surface area contributed by atoms with Crippen LogP contribution in [0.25, 0.3) is 0 Å². The fraction of sp³-hybridized carbons (Fsp3) is 0.818. The SMILES string of the molecule is CC[C@H]1CC(=O)CC[C@@]1(C)C(C)=O. The maximum absolute atomic E-state index is 11.5. The molecule has 2 nitrogen and oxygen atoms in total. The van der Waals surface area contributed by atoms with Gasteiger partial charge < -0.3 is 0 Å². The summed E-state index contributed by atoms with van der Waals surface area (Å²) in [4.78, 5) is 22.7. The molecule has 13 heavy (non-hydrogen) atoms. The first-order valence-corrected chi connectivity index (χ1v) is 5.03. The molecule has 1 aliphatic rings. The van der Waals surface area contributed by atoms with Gasteiger partial charge in [0.2, 0.25) is 0 Å². The minimum Gasteiger partial charge on any atom is -0.300 e. The van der Waals surface area contributed by atoms with Gasteiger partial charge in [-0.25, -0.2) is 0 Å². The minimum atomic E-state index is -0.233. The lowest BCUT2D eigenvalue weighted by Gasteiger charge is -2.38. The van der Waals surface area contributed by atoms with Gasteiger partial charge in [0.05, 0.1) is 0 Å². The molecule has 1 aliphatic carbocycles. The summed E-state index contributed by atoms with van der Waals surface area (Å²) >= 11 is 0. The van der Waals surface area contributed by atoms with E-state index < -0.39 is 0 Å². The van der Waals surface area contributed by atoms with Crippen molar-refractivity contribution >= 4 is 11.6 Å². The third-order valence-corrected chi connectivity index (χ3v) is 3.60. The van der Waals surface area contributed by atoms with Crippen LogP contribution in [0.2, 0.25) is 0 Å². The minimum absolute atomic E-state index is 0.233. The Morgan fingerprint density at radius 2 is 2.23 bits per heavy atom. The van der Waals surface area contributed by atoms with E-state index >= 15 is 0 Å². The van der Waals surface area contributed by atoms with Gasteiger partial charge in [0.25, 0.3) is 0 Å². The molecule has 0 amide bonds. The topological polar surface area (TPSA) is 34.1 Å². The van der Waals surface area contributed by atoms with Crippen molar-refractivity contribution in [3.63, 3.8) is 0 Å². The highest BCUT2D eigenvalue weighted by atomic mass is 16.1. The highest BCUT2D eigenvalue weighted by Crippen LogP contribution is 2.41. The van der Waals surface area contributed by atoms with Crippen molar-refractivity contribution in [1.29, 1.82) is 0 Å². The third kappa shape index (κ3) is 1.82. The maximum Gasteiger partial charge on any atom is 0.135 e. The van der Waals surface area contributed by atoms with Crippen molar-refractivity contribution < 1.29 is 9.59 Å². The largest absolute Gasteiger partial charge is 0.300 e. The zero-order valence-corrected chi connectivity index (χ0v) is 8.72. The Balaban J connectivity index is 2.84. The molecule has 0 radical (unpaired) electrons. The molecule has 0 heterocycles. The van der Waals surface area contributed by atoms with Gasteiger partial charge in [0.15, 0.2) is 0 Å². The smallest absolute Gasteiger partial charge is 0.135 e. The van der Waals surface area contributed by atoms with E-state index in [0.29, 0.717) is 18.6 Å². The van der Waals surface area contributed by atoms with Crippen LogP contribution in [0, 0.1) is 11.3 Å². The molecule has 0 aromatic heterocycles. The van der Waals surface area contributed by atoms with E-state index in [1.54, 1.807) is 6.92 Å². The zero-order valence-electron chi connectivity index (χ0n) is 8.72. The van der Waals surface area contributed by atoms with Gasteiger partial charge in [-0.3, -0.25) is 9.59 Å². The number of carbonyl (C=O) groups excluding carboxylic acids is 2. The predicted octanol–water partition coefficient (Wildman–Crippen LogP) is 2.36. The first kappa shape index (κ1) is 10.4. The lowest BCUT2D eigenvalue weighted by Crippen LogP contribution is -2.39. The quantitative estimate of drug-likeness (QED) is 0.657. The molecular formula is C11H18O2. The van der Waals surface area contributed by atoms with Gasteiger partial charge in [-0.1, -0.05) is 20.3 Å². The molecule has 0 bridgehead atoms. The lowest BCUT2D eigenvalue weighted by atomic mass is 9.64. The number of hydrogen-bond acceptors (Lipinski definition) is 2. The average molecular weight is 182 g/mol.